The summed E-state index contributed by atoms with van der Waals surface area (Å²) in [6.07, 6.45) is 1.31. The van der Waals surface area contributed by atoms with Crippen LogP contribution in [0.3, 0.4) is 0 Å². The minimum Gasteiger partial charge on any atom is -0.371 e. The summed E-state index contributed by atoms with van der Waals surface area (Å²) in [5.41, 5.74) is 4.18. The number of hydrogen-bond acceptors (Lipinski definition) is 2. The number of rotatable bonds is 3. The van der Waals surface area contributed by atoms with Crippen LogP contribution in [-0.4, -0.2) is 26.7 Å². The normalized spacial score (nSPS) is 20.4. The Kier molecular flexibility index (Phi) is 3.49. The van der Waals surface area contributed by atoms with E-state index in [4.69, 9.17) is 0 Å². The summed E-state index contributed by atoms with van der Waals surface area (Å²) in [5.74, 6) is 0.811. The zero-order valence-corrected chi connectivity index (χ0v) is 10.6. The van der Waals surface area contributed by atoms with Gasteiger partial charge in [0.1, 0.15) is 0 Å². The molecule has 0 spiro atoms. The van der Waals surface area contributed by atoms with Gasteiger partial charge in [0.25, 0.3) is 0 Å². The maximum atomic E-state index is 3.28. The lowest BCUT2D eigenvalue weighted by molar-refractivity contribution is 0.549. The summed E-state index contributed by atoms with van der Waals surface area (Å²) in [5, 5.41) is 3.28. The molecule has 1 aromatic rings. The molecule has 1 unspecified atom stereocenters. The molecule has 2 rings (SSSR count). The average molecular weight is 218 g/mol. The van der Waals surface area contributed by atoms with Gasteiger partial charge >= 0.3 is 0 Å². The molecule has 0 bridgehead atoms. The zero-order valence-electron chi connectivity index (χ0n) is 10.6. The molecule has 1 saturated heterocycles. The van der Waals surface area contributed by atoms with Gasteiger partial charge in [-0.25, -0.2) is 0 Å². The van der Waals surface area contributed by atoms with Crippen molar-refractivity contribution >= 4 is 5.69 Å². The number of aryl methyl sites for hydroxylation is 2. The fraction of sp³-hybridized carbons (Fsp3) is 0.571. The molecule has 1 aromatic carbocycles. The van der Waals surface area contributed by atoms with Crippen LogP contribution in [0.5, 0.6) is 0 Å². The lowest BCUT2D eigenvalue weighted by Gasteiger charge is -2.21. The maximum absolute atomic E-state index is 3.28. The van der Waals surface area contributed by atoms with Gasteiger partial charge in [0, 0.05) is 18.8 Å². The first-order valence-electron chi connectivity index (χ1n) is 6.17. The second-order valence-corrected chi connectivity index (χ2v) is 4.95. The van der Waals surface area contributed by atoms with Crippen molar-refractivity contribution in [2.45, 2.75) is 20.3 Å². The van der Waals surface area contributed by atoms with Crippen molar-refractivity contribution in [2.75, 3.05) is 31.6 Å². The van der Waals surface area contributed by atoms with Crippen molar-refractivity contribution in [3.63, 3.8) is 0 Å². The molecule has 0 amide bonds. The molecule has 1 fully saturated rings. The molecular formula is C14H22N2. The van der Waals surface area contributed by atoms with Crippen LogP contribution in [0.15, 0.2) is 18.2 Å². The third-order valence-corrected chi connectivity index (χ3v) is 3.47. The van der Waals surface area contributed by atoms with E-state index in [2.05, 4.69) is 42.3 Å². The topological polar surface area (TPSA) is 15.3 Å². The molecule has 1 heterocycles. The SMILES string of the molecule is CNCC1CCN(c2ccc(C)cc2C)C1. The van der Waals surface area contributed by atoms with Gasteiger partial charge in [0.15, 0.2) is 0 Å². The third kappa shape index (κ3) is 2.38. The maximum Gasteiger partial charge on any atom is 0.0396 e. The first-order chi connectivity index (χ1) is 7.70. The first-order valence-corrected chi connectivity index (χ1v) is 6.17. The van der Waals surface area contributed by atoms with Crippen LogP contribution in [-0.2, 0) is 0 Å². The van der Waals surface area contributed by atoms with E-state index in [0.29, 0.717) is 0 Å². The summed E-state index contributed by atoms with van der Waals surface area (Å²) >= 11 is 0. The van der Waals surface area contributed by atoms with Crippen LogP contribution in [0.2, 0.25) is 0 Å². The fourth-order valence-corrected chi connectivity index (χ4v) is 2.67. The molecule has 88 valence electrons. The number of hydrogen-bond donors (Lipinski definition) is 1. The Morgan fingerprint density at radius 1 is 1.38 bits per heavy atom. The van der Waals surface area contributed by atoms with Crippen LogP contribution in [0.1, 0.15) is 17.5 Å². The quantitative estimate of drug-likeness (QED) is 0.838. The first kappa shape index (κ1) is 11.5. The summed E-state index contributed by atoms with van der Waals surface area (Å²) in [6, 6.07) is 6.76. The molecule has 0 radical (unpaired) electrons. The molecule has 1 N–H and O–H groups in total. The Bertz CT molecular complexity index is 360. The van der Waals surface area contributed by atoms with Crippen molar-refractivity contribution in [1.29, 1.82) is 0 Å². The van der Waals surface area contributed by atoms with Crippen LogP contribution in [0.25, 0.3) is 0 Å². The Hall–Kier alpha value is -1.02. The molecule has 0 aromatic heterocycles. The van der Waals surface area contributed by atoms with Crippen molar-refractivity contribution in [3.8, 4) is 0 Å². The lowest BCUT2D eigenvalue weighted by atomic mass is 10.1. The van der Waals surface area contributed by atoms with Crippen molar-refractivity contribution in [3.05, 3.63) is 29.3 Å². The second kappa shape index (κ2) is 4.88. The Morgan fingerprint density at radius 3 is 2.88 bits per heavy atom. The highest BCUT2D eigenvalue weighted by Gasteiger charge is 2.22. The van der Waals surface area contributed by atoms with Gasteiger partial charge in [-0.15, -0.1) is 0 Å². The third-order valence-electron chi connectivity index (χ3n) is 3.47. The highest BCUT2D eigenvalue weighted by molar-refractivity contribution is 5.55. The van der Waals surface area contributed by atoms with E-state index in [1.807, 2.05) is 7.05 Å². The van der Waals surface area contributed by atoms with Crippen molar-refractivity contribution in [2.24, 2.45) is 5.92 Å². The van der Waals surface area contributed by atoms with Gasteiger partial charge in [-0.2, -0.15) is 0 Å². The van der Waals surface area contributed by atoms with Crippen molar-refractivity contribution in [1.82, 2.24) is 5.32 Å². The molecule has 0 aliphatic carbocycles. The van der Waals surface area contributed by atoms with Crippen LogP contribution in [0.4, 0.5) is 5.69 Å². The van der Waals surface area contributed by atoms with E-state index in [0.717, 1.165) is 12.5 Å². The predicted octanol–water partition coefficient (Wildman–Crippen LogP) is 2.35. The minimum atomic E-state index is 0.811. The standard InChI is InChI=1S/C14H22N2/c1-11-4-5-14(12(2)8-11)16-7-6-13(10-16)9-15-3/h4-5,8,13,15H,6-7,9-10H2,1-3H3. The molecule has 2 nitrogen and oxygen atoms in total. The van der Waals surface area contributed by atoms with E-state index in [9.17, 15) is 0 Å². The zero-order chi connectivity index (χ0) is 11.5. The van der Waals surface area contributed by atoms with Crippen LogP contribution >= 0.6 is 0 Å². The molecule has 2 heteroatoms. The molecule has 1 aliphatic heterocycles. The summed E-state index contributed by atoms with van der Waals surface area (Å²) < 4.78 is 0. The molecule has 1 aliphatic rings. The van der Waals surface area contributed by atoms with Gasteiger partial charge < -0.3 is 10.2 Å². The van der Waals surface area contributed by atoms with Gasteiger partial charge in [-0.1, -0.05) is 17.7 Å². The van der Waals surface area contributed by atoms with E-state index < -0.39 is 0 Å². The Balaban J connectivity index is 2.08. The average Bonchev–Trinajstić information content (AvgIpc) is 2.67. The molecule has 16 heavy (non-hydrogen) atoms. The fourth-order valence-electron chi connectivity index (χ4n) is 2.67. The van der Waals surface area contributed by atoms with Crippen LogP contribution < -0.4 is 10.2 Å². The van der Waals surface area contributed by atoms with Gasteiger partial charge in [-0.3, -0.25) is 0 Å². The smallest absolute Gasteiger partial charge is 0.0396 e. The summed E-state index contributed by atoms with van der Waals surface area (Å²) in [6.45, 7) is 7.92. The lowest BCUT2D eigenvalue weighted by Crippen LogP contribution is -2.24. The van der Waals surface area contributed by atoms with Gasteiger partial charge in [0.2, 0.25) is 0 Å². The van der Waals surface area contributed by atoms with Crippen LogP contribution in [0, 0.1) is 19.8 Å². The van der Waals surface area contributed by atoms with Gasteiger partial charge in [-0.05, 0) is 51.4 Å². The highest BCUT2D eigenvalue weighted by atomic mass is 15.2. The molecule has 0 saturated carbocycles. The number of nitrogens with zero attached hydrogens (tertiary/aromatic N) is 1. The number of anilines is 1. The van der Waals surface area contributed by atoms with Gasteiger partial charge in [0.05, 0.1) is 0 Å². The summed E-state index contributed by atoms with van der Waals surface area (Å²) in [7, 11) is 2.04. The monoisotopic (exact) mass is 218 g/mol. The Labute approximate surface area is 98.7 Å². The largest absolute Gasteiger partial charge is 0.371 e. The number of benzene rings is 1. The minimum absolute atomic E-state index is 0.811. The van der Waals surface area contributed by atoms with E-state index in [-0.39, 0.29) is 0 Å². The molecule has 1 atom stereocenters. The summed E-state index contributed by atoms with van der Waals surface area (Å²) in [4.78, 5) is 2.52. The molecular weight excluding hydrogens is 196 g/mol. The highest BCUT2D eigenvalue weighted by Crippen LogP contribution is 2.27. The second-order valence-electron chi connectivity index (χ2n) is 4.95. The van der Waals surface area contributed by atoms with E-state index in [1.54, 1.807) is 0 Å². The Morgan fingerprint density at radius 2 is 2.19 bits per heavy atom. The van der Waals surface area contributed by atoms with Crippen molar-refractivity contribution < 1.29 is 0 Å². The number of nitrogens with one attached hydrogen (secondary N) is 1. The van der Waals surface area contributed by atoms with E-state index >= 15 is 0 Å². The predicted molar refractivity (Wildman–Crippen MR) is 70.2 cm³/mol. The van der Waals surface area contributed by atoms with E-state index in [1.165, 1.54) is 36.3 Å².